The van der Waals surface area contributed by atoms with E-state index in [9.17, 15) is 17.6 Å². The number of rotatable bonds is 3. The van der Waals surface area contributed by atoms with Crippen LogP contribution >= 0.6 is 0 Å². The number of nitrogens with one attached hydrogen (secondary N) is 1. The van der Waals surface area contributed by atoms with Crippen LogP contribution in [0.1, 0.15) is 18.1 Å². The van der Waals surface area contributed by atoms with Crippen molar-refractivity contribution in [2.45, 2.75) is 19.6 Å². The van der Waals surface area contributed by atoms with Crippen LogP contribution in [-0.2, 0) is 12.7 Å². The van der Waals surface area contributed by atoms with E-state index in [1.807, 2.05) is 0 Å². The first kappa shape index (κ1) is 13.5. The highest BCUT2D eigenvalue weighted by Gasteiger charge is 2.34. The molecular weight excluding hydrogens is 234 g/mol. The Morgan fingerprint density at radius 2 is 2.00 bits per heavy atom. The van der Waals surface area contributed by atoms with Crippen molar-refractivity contribution in [3.8, 4) is 11.8 Å². The van der Waals surface area contributed by atoms with E-state index in [2.05, 4.69) is 17.2 Å². The minimum Gasteiger partial charge on any atom is -0.302 e. The minimum atomic E-state index is -4.66. The van der Waals surface area contributed by atoms with E-state index < -0.39 is 17.6 Å². The van der Waals surface area contributed by atoms with E-state index >= 15 is 0 Å². The number of halogens is 4. The van der Waals surface area contributed by atoms with Gasteiger partial charge in [-0.05, 0) is 24.6 Å². The van der Waals surface area contributed by atoms with E-state index in [4.69, 9.17) is 0 Å². The number of hydrogen-bond donors (Lipinski definition) is 1. The normalized spacial score (nSPS) is 10.9. The van der Waals surface area contributed by atoms with Gasteiger partial charge in [0.05, 0.1) is 12.1 Å². The van der Waals surface area contributed by atoms with Crippen molar-refractivity contribution in [3.05, 3.63) is 35.1 Å². The molecule has 0 aromatic heterocycles. The lowest BCUT2D eigenvalue weighted by atomic mass is 10.1. The molecule has 0 amide bonds. The predicted molar refractivity (Wildman–Crippen MR) is 56.6 cm³/mol. The smallest absolute Gasteiger partial charge is 0.302 e. The van der Waals surface area contributed by atoms with Crippen LogP contribution in [0.15, 0.2) is 18.2 Å². The van der Waals surface area contributed by atoms with Gasteiger partial charge in [-0.1, -0.05) is 12.0 Å². The summed E-state index contributed by atoms with van der Waals surface area (Å²) in [5.41, 5.74) is -0.866. The Morgan fingerprint density at radius 1 is 1.29 bits per heavy atom. The van der Waals surface area contributed by atoms with Gasteiger partial charge in [0.15, 0.2) is 0 Å². The van der Waals surface area contributed by atoms with Gasteiger partial charge in [0.1, 0.15) is 5.82 Å². The Labute approximate surface area is 96.8 Å². The summed E-state index contributed by atoms with van der Waals surface area (Å²) in [4.78, 5) is 0. The molecule has 1 aromatic rings. The summed E-state index contributed by atoms with van der Waals surface area (Å²) in [5.74, 6) is 4.11. The predicted octanol–water partition coefficient (Wildman–Crippen LogP) is 2.96. The zero-order valence-electron chi connectivity index (χ0n) is 9.16. The second-order valence-corrected chi connectivity index (χ2v) is 3.34. The Kier molecular flexibility index (Phi) is 4.53. The maximum Gasteiger partial charge on any atom is 0.419 e. The van der Waals surface area contributed by atoms with Crippen molar-refractivity contribution in [3.63, 3.8) is 0 Å². The Hall–Kier alpha value is -1.54. The summed E-state index contributed by atoms with van der Waals surface area (Å²) in [5, 5.41) is 2.84. The molecule has 0 atom stereocenters. The van der Waals surface area contributed by atoms with Gasteiger partial charge in [-0.15, -0.1) is 5.92 Å². The van der Waals surface area contributed by atoms with Gasteiger partial charge in [0, 0.05) is 6.54 Å². The minimum absolute atomic E-state index is 0.220. The molecule has 0 radical (unpaired) electrons. The van der Waals surface area contributed by atoms with Crippen molar-refractivity contribution < 1.29 is 17.6 Å². The Morgan fingerprint density at radius 3 is 2.59 bits per heavy atom. The molecule has 1 rings (SSSR count). The van der Waals surface area contributed by atoms with Crippen LogP contribution in [0.4, 0.5) is 17.6 Å². The summed E-state index contributed by atoms with van der Waals surface area (Å²) in [6.45, 7) is 2.27. The van der Waals surface area contributed by atoms with Gasteiger partial charge in [-0.3, -0.25) is 0 Å². The van der Waals surface area contributed by atoms with Gasteiger partial charge in [0.2, 0.25) is 0 Å². The van der Waals surface area contributed by atoms with Crippen molar-refractivity contribution in [1.29, 1.82) is 0 Å². The Balaban J connectivity index is 2.78. The molecule has 0 aliphatic rings. The lowest BCUT2D eigenvalue weighted by Crippen LogP contribution is -2.15. The second kappa shape index (κ2) is 5.69. The monoisotopic (exact) mass is 245 g/mol. The quantitative estimate of drug-likeness (QED) is 0.490. The molecule has 0 aliphatic carbocycles. The molecular formula is C12H11F4N. The van der Waals surface area contributed by atoms with Crippen LogP contribution in [0.25, 0.3) is 0 Å². The van der Waals surface area contributed by atoms with Crippen LogP contribution in [0.3, 0.4) is 0 Å². The molecule has 0 unspecified atom stereocenters. The highest BCUT2D eigenvalue weighted by molar-refractivity contribution is 5.27. The molecule has 5 heteroatoms. The van der Waals surface area contributed by atoms with Crippen molar-refractivity contribution >= 4 is 0 Å². The highest BCUT2D eigenvalue weighted by atomic mass is 19.4. The molecule has 1 nitrogen and oxygen atoms in total. The summed E-state index contributed by atoms with van der Waals surface area (Å²) in [6, 6.07) is 2.95. The van der Waals surface area contributed by atoms with E-state index in [0.717, 1.165) is 12.1 Å². The third-order valence-electron chi connectivity index (χ3n) is 2.06. The molecule has 0 fully saturated rings. The van der Waals surface area contributed by atoms with Crippen LogP contribution in [-0.4, -0.2) is 6.54 Å². The van der Waals surface area contributed by atoms with Crippen LogP contribution in [0, 0.1) is 17.7 Å². The SMILES string of the molecule is CC#CCNCc1ccc(F)c(C(F)(F)F)c1. The molecule has 0 spiro atoms. The summed E-state index contributed by atoms with van der Waals surface area (Å²) >= 11 is 0. The van der Waals surface area contributed by atoms with E-state index in [1.54, 1.807) is 6.92 Å². The molecule has 0 aliphatic heterocycles. The zero-order valence-corrected chi connectivity index (χ0v) is 9.16. The fourth-order valence-corrected chi connectivity index (χ4v) is 1.26. The van der Waals surface area contributed by atoms with Crippen molar-refractivity contribution in [2.24, 2.45) is 0 Å². The van der Waals surface area contributed by atoms with Gasteiger partial charge in [-0.25, -0.2) is 4.39 Å². The molecule has 0 saturated heterocycles. The average molecular weight is 245 g/mol. The maximum atomic E-state index is 12.9. The average Bonchev–Trinajstić information content (AvgIpc) is 2.25. The number of hydrogen-bond acceptors (Lipinski definition) is 1. The lowest BCUT2D eigenvalue weighted by Gasteiger charge is -2.10. The second-order valence-electron chi connectivity index (χ2n) is 3.34. The van der Waals surface area contributed by atoms with Crippen LogP contribution in [0.5, 0.6) is 0 Å². The number of alkyl halides is 3. The molecule has 0 saturated carbocycles. The van der Waals surface area contributed by atoms with E-state index in [1.165, 1.54) is 6.07 Å². The first-order valence-electron chi connectivity index (χ1n) is 4.91. The van der Waals surface area contributed by atoms with E-state index in [-0.39, 0.29) is 6.54 Å². The summed E-state index contributed by atoms with van der Waals surface area (Å²) in [6.07, 6.45) is -4.66. The fourth-order valence-electron chi connectivity index (χ4n) is 1.26. The number of benzene rings is 1. The van der Waals surface area contributed by atoms with Gasteiger partial charge >= 0.3 is 6.18 Å². The summed E-state index contributed by atoms with van der Waals surface area (Å²) in [7, 11) is 0. The van der Waals surface area contributed by atoms with Crippen LogP contribution in [0.2, 0.25) is 0 Å². The first-order valence-corrected chi connectivity index (χ1v) is 4.91. The van der Waals surface area contributed by atoms with Crippen molar-refractivity contribution in [2.75, 3.05) is 6.54 Å². The zero-order chi connectivity index (χ0) is 12.9. The Bertz CT molecular complexity index is 440. The van der Waals surface area contributed by atoms with Gasteiger partial charge < -0.3 is 5.32 Å². The third kappa shape index (κ3) is 4.08. The largest absolute Gasteiger partial charge is 0.419 e. The molecule has 17 heavy (non-hydrogen) atoms. The molecule has 1 N–H and O–H groups in total. The van der Waals surface area contributed by atoms with Crippen LogP contribution < -0.4 is 5.32 Å². The first-order chi connectivity index (χ1) is 7.95. The molecule has 0 heterocycles. The molecule has 92 valence electrons. The molecule has 0 bridgehead atoms. The molecule has 1 aromatic carbocycles. The summed E-state index contributed by atoms with van der Waals surface area (Å²) < 4.78 is 50.1. The van der Waals surface area contributed by atoms with Gasteiger partial charge in [0.25, 0.3) is 0 Å². The maximum absolute atomic E-state index is 12.9. The van der Waals surface area contributed by atoms with Crippen molar-refractivity contribution in [1.82, 2.24) is 5.32 Å². The highest BCUT2D eigenvalue weighted by Crippen LogP contribution is 2.31. The van der Waals surface area contributed by atoms with E-state index in [0.29, 0.717) is 12.1 Å². The fraction of sp³-hybridized carbons (Fsp3) is 0.333. The standard InChI is InChI=1S/C12H11F4N/c1-2-3-6-17-8-9-4-5-11(13)10(7-9)12(14,15)16/h4-5,7,17H,6,8H2,1H3. The van der Waals surface area contributed by atoms with Gasteiger partial charge in [-0.2, -0.15) is 13.2 Å². The third-order valence-corrected chi connectivity index (χ3v) is 2.06. The topological polar surface area (TPSA) is 12.0 Å². The lowest BCUT2D eigenvalue weighted by molar-refractivity contribution is -0.140.